The van der Waals surface area contributed by atoms with E-state index in [1.807, 2.05) is 12.1 Å². The van der Waals surface area contributed by atoms with Crippen LogP contribution in [0.2, 0.25) is 0 Å². The number of likely N-dealkylation sites (tertiary alicyclic amines) is 1. The van der Waals surface area contributed by atoms with E-state index in [2.05, 4.69) is 75.7 Å². The number of hydrogen-bond acceptors (Lipinski definition) is 3. The van der Waals surface area contributed by atoms with Gasteiger partial charge in [-0.2, -0.15) is 0 Å². The van der Waals surface area contributed by atoms with E-state index in [4.69, 9.17) is 9.72 Å². The third kappa shape index (κ3) is 3.20. The van der Waals surface area contributed by atoms with Crippen LogP contribution in [0, 0.1) is 29.1 Å². The fourth-order valence-electron chi connectivity index (χ4n) is 10.2. The van der Waals surface area contributed by atoms with Gasteiger partial charge < -0.3 is 18.8 Å². The van der Waals surface area contributed by atoms with Gasteiger partial charge in [0, 0.05) is 48.1 Å². The molecule has 5 atom stereocenters. The quantitative estimate of drug-likeness (QED) is 0.210. The van der Waals surface area contributed by atoms with Crippen LogP contribution in [0.3, 0.4) is 0 Å². The summed E-state index contributed by atoms with van der Waals surface area (Å²) in [4.78, 5) is 21.2. The monoisotopic (exact) mass is 592 g/mol. The second-order valence-corrected chi connectivity index (χ2v) is 14.9. The first-order valence-corrected chi connectivity index (χ1v) is 16.8. The molecule has 11 rings (SSSR count). The van der Waals surface area contributed by atoms with Crippen LogP contribution in [0.4, 0.5) is 0 Å². The van der Waals surface area contributed by atoms with Crippen molar-refractivity contribution in [2.75, 3.05) is 13.7 Å². The van der Waals surface area contributed by atoms with Crippen LogP contribution in [0.1, 0.15) is 52.7 Å². The number of fused-ring (bicyclic) bond motifs is 4. The van der Waals surface area contributed by atoms with Crippen molar-refractivity contribution in [3.8, 4) is 17.3 Å². The molecule has 3 heterocycles. The molecular formula is C39H36N4O2. The minimum Gasteiger partial charge on any atom is -0.494 e. The molecule has 0 bridgehead atoms. The summed E-state index contributed by atoms with van der Waals surface area (Å²) in [5.41, 5.74) is 10.7. The van der Waals surface area contributed by atoms with E-state index < -0.39 is 0 Å². The van der Waals surface area contributed by atoms with E-state index in [0.717, 1.165) is 59.8 Å². The van der Waals surface area contributed by atoms with Gasteiger partial charge in [0.2, 0.25) is 0 Å². The standard InChI is InChI=1S/C39H36N4O2/c1-41-36-30(13-27(16-33(36)45-2)38(44)43-20-39-18-29-28(35(29)39)17-34(39)43)40-37(41)32-15-25-10-9-24(14-31(25)42(32)19-21-7-8-21)26-11-22-5-3-4-6-23(22)12-26/h3-6,9-11,13-16,21,28-29,34-35H,7-8,12,17-20H2,1-2H3/t28?,29?,34?,35-,39-/m1/s1. The lowest BCUT2D eigenvalue weighted by molar-refractivity contribution is -0.106. The largest absolute Gasteiger partial charge is 0.494 e. The number of allylic oxidation sites excluding steroid dienone is 1. The number of rotatable bonds is 6. The zero-order valence-electron chi connectivity index (χ0n) is 25.8. The molecule has 6 heteroatoms. The van der Waals surface area contributed by atoms with Gasteiger partial charge in [-0.25, -0.2) is 4.98 Å². The Kier molecular flexibility index (Phi) is 4.59. The number of carbonyl (C=O) groups is 1. The molecule has 6 nitrogen and oxygen atoms in total. The zero-order chi connectivity index (χ0) is 29.8. The summed E-state index contributed by atoms with van der Waals surface area (Å²) in [5, 5.41) is 1.24. The van der Waals surface area contributed by atoms with E-state index in [1.165, 1.54) is 58.8 Å². The van der Waals surface area contributed by atoms with Crippen molar-refractivity contribution in [2.45, 2.75) is 44.7 Å². The van der Waals surface area contributed by atoms with Crippen molar-refractivity contribution < 1.29 is 9.53 Å². The zero-order valence-corrected chi connectivity index (χ0v) is 25.8. The number of ether oxygens (including phenoxy) is 1. The minimum absolute atomic E-state index is 0.140. The summed E-state index contributed by atoms with van der Waals surface area (Å²) in [6.07, 6.45) is 8.45. The molecule has 1 saturated heterocycles. The first kappa shape index (κ1) is 24.9. The Bertz CT molecular complexity index is 2180. The highest BCUT2D eigenvalue weighted by Gasteiger charge is 2.83. The van der Waals surface area contributed by atoms with E-state index in [9.17, 15) is 4.79 Å². The number of benzene rings is 3. The second kappa shape index (κ2) is 8.28. The Morgan fingerprint density at radius 1 is 1.07 bits per heavy atom. The van der Waals surface area contributed by atoms with Gasteiger partial charge in [-0.3, -0.25) is 4.79 Å². The molecular weight excluding hydrogens is 556 g/mol. The summed E-state index contributed by atoms with van der Waals surface area (Å²) in [7, 11) is 3.78. The number of hydrogen-bond donors (Lipinski definition) is 0. The van der Waals surface area contributed by atoms with E-state index in [1.54, 1.807) is 7.11 Å². The highest BCUT2D eigenvalue weighted by molar-refractivity contribution is 6.01. The fourth-order valence-corrected chi connectivity index (χ4v) is 10.2. The van der Waals surface area contributed by atoms with Gasteiger partial charge in [0.05, 0.1) is 18.3 Å². The Hall–Kier alpha value is -4.32. The summed E-state index contributed by atoms with van der Waals surface area (Å²) < 4.78 is 10.6. The molecule has 3 aromatic carbocycles. The lowest BCUT2D eigenvalue weighted by Crippen LogP contribution is -2.69. The van der Waals surface area contributed by atoms with Crippen LogP contribution < -0.4 is 4.74 Å². The number of methoxy groups -OCH3 is 1. The van der Waals surface area contributed by atoms with Crippen molar-refractivity contribution in [2.24, 2.45) is 36.1 Å². The lowest BCUT2D eigenvalue weighted by Gasteiger charge is -2.61. The molecule has 1 aliphatic heterocycles. The maximum Gasteiger partial charge on any atom is 0.254 e. The average molecular weight is 593 g/mol. The Morgan fingerprint density at radius 2 is 1.96 bits per heavy atom. The summed E-state index contributed by atoms with van der Waals surface area (Å²) in [5.74, 6) is 5.28. The van der Waals surface area contributed by atoms with Crippen molar-refractivity contribution in [1.29, 1.82) is 0 Å². The van der Waals surface area contributed by atoms with Crippen molar-refractivity contribution >= 4 is 39.5 Å². The number of nitrogens with zero attached hydrogens (tertiary/aromatic N) is 4. The Balaban J connectivity index is 0.996. The smallest absolute Gasteiger partial charge is 0.254 e. The van der Waals surface area contributed by atoms with Crippen molar-refractivity contribution in [3.05, 3.63) is 82.9 Å². The lowest BCUT2D eigenvalue weighted by atomic mass is 9.58. The number of aryl methyl sites for hydroxylation is 1. The van der Waals surface area contributed by atoms with Crippen LogP contribution in [0.25, 0.3) is 45.1 Å². The van der Waals surface area contributed by atoms with E-state index in [0.29, 0.717) is 28.7 Å². The topological polar surface area (TPSA) is 52.3 Å². The van der Waals surface area contributed by atoms with Crippen LogP contribution >= 0.6 is 0 Å². The third-order valence-corrected chi connectivity index (χ3v) is 12.7. The predicted molar refractivity (Wildman–Crippen MR) is 176 cm³/mol. The van der Waals surface area contributed by atoms with Crippen LogP contribution in [0.5, 0.6) is 5.75 Å². The SMILES string of the molecule is COc1cc(C(=O)N2C[C@]34CC5C(CC23)[C@H]54)cc2nc(-c3cc4ccc(C5=Cc6ccccc6C5)cc4n3CC3CC3)n(C)c12. The van der Waals surface area contributed by atoms with Gasteiger partial charge in [0.1, 0.15) is 11.3 Å². The van der Waals surface area contributed by atoms with Crippen LogP contribution in [-0.2, 0) is 20.0 Å². The molecule has 1 amide bonds. The molecule has 1 spiro atoms. The molecule has 4 saturated carbocycles. The van der Waals surface area contributed by atoms with Gasteiger partial charge in [-0.1, -0.05) is 42.5 Å². The third-order valence-electron chi connectivity index (χ3n) is 12.7. The molecule has 5 aromatic rings. The highest BCUT2D eigenvalue weighted by Crippen LogP contribution is 2.83. The summed E-state index contributed by atoms with van der Waals surface area (Å²) >= 11 is 0. The first-order valence-electron chi connectivity index (χ1n) is 16.8. The molecule has 6 aliphatic rings. The minimum atomic E-state index is 0.140. The molecule has 3 unspecified atom stereocenters. The molecule has 5 fully saturated rings. The number of aromatic nitrogens is 3. The summed E-state index contributed by atoms with van der Waals surface area (Å²) in [6, 6.07) is 22.3. The average Bonchev–Trinajstić information content (AvgIpc) is 3.75. The summed E-state index contributed by atoms with van der Waals surface area (Å²) in [6.45, 7) is 1.93. The molecule has 224 valence electrons. The number of amides is 1. The van der Waals surface area contributed by atoms with Crippen LogP contribution in [0.15, 0.2) is 60.7 Å². The molecule has 0 radical (unpaired) electrons. The Morgan fingerprint density at radius 3 is 2.76 bits per heavy atom. The van der Waals surface area contributed by atoms with Crippen molar-refractivity contribution in [3.63, 3.8) is 0 Å². The highest BCUT2D eigenvalue weighted by atomic mass is 16.5. The van der Waals surface area contributed by atoms with E-state index >= 15 is 0 Å². The first-order chi connectivity index (χ1) is 22.0. The van der Waals surface area contributed by atoms with Crippen LogP contribution in [-0.4, -0.2) is 44.6 Å². The molecule has 5 aliphatic carbocycles. The molecule has 2 aromatic heterocycles. The Labute approximate surface area is 262 Å². The van der Waals surface area contributed by atoms with Gasteiger partial charge in [0.25, 0.3) is 5.91 Å². The van der Waals surface area contributed by atoms with Gasteiger partial charge >= 0.3 is 0 Å². The van der Waals surface area contributed by atoms with E-state index in [-0.39, 0.29) is 5.91 Å². The fraction of sp³-hybridized carbons (Fsp3) is 0.385. The number of carbonyl (C=O) groups excluding carboxylic acids is 1. The molecule has 0 N–H and O–H groups in total. The van der Waals surface area contributed by atoms with Gasteiger partial charge in [0.15, 0.2) is 5.82 Å². The van der Waals surface area contributed by atoms with Crippen molar-refractivity contribution in [1.82, 2.24) is 19.0 Å². The maximum atomic E-state index is 13.9. The predicted octanol–water partition coefficient (Wildman–Crippen LogP) is 7.19. The normalized spacial score (nSPS) is 28.4. The number of imidazole rings is 1. The second-order valence-electron chi connectivity index (χ2n) is 14.9. The van der Waals surface area contributed by atoms with Gasteiger partial charge in [-0.05, 0) is 102 Å². The maximum absolute atomic E-state index is 13.9. The van der Waals surface area contributed by atoms with Gasteiger partial charge in [-0.15, -0.1) is 0 Å². The molecule has 45 heavy (non-hydrogen) atoms.